The SMILES string of the molecule is Cl.Cn1cccc1C(=O)N1CCCC(CNC(=O)C2CCCN2)C1. The molecule has 0 aliphatic carbocycles. The predicted octanol–water partition coefficient (Wildman–Crippen LogP) is 1.17. The Labute approximate surface area is 149 Å². The number of rotatable bonds is 4. The van der Waals surface area contributed by atoms with Gasteiger partial charge in [-0.3, -0.25) is 9.59 Å². The Bertz CT molecular complexity index is 569. The number of aryl methyl sites for hydroxylation is 1. The third-order valence-electron chi connectivity index (χ3n) is 4.91. The summed E-state index contributed by atoms with van der Waals surface area (Å²) in [7, 11) is 1.89. The first-order chi connectivity index (χ1) is 11.1. The fraction of sp³-hybridized carbons (Fsp3) is 0.647. The summed E-state index contributed by atoms with van der Waals surface area (Å²) in [6.45, 7) is 3.12. The van der Waals surface area contributed by atoms with E-state index in [2.05, 4.69) is 10.6 Å². The second-order valence-corrected chi connectivity index (χ2v) is 6.66. The van der Waals surface area contributed by atoms with Crippen molar-refractivity contribution in [2.75, 3.05) is 26.2 Å². The summed E-state index contributed by atoms with van der Waals surface area (Å²) in [6, 6.07) is 3.72. The molecule has 2 amide bonds. The molecule has 3 heterocycles. The molecule has 0 bridgehead atoms. The van der Waals surface area contributed by atoms with Crippen LogP contribution in [0.25, 0.3) is 0 Å². The molecule has 1 aromatic heterocycles. The Kier molecular flexibility index (Phi) is 6.69. The highest BCUT2D eigenvalue weighted by molar-refractivity contribution is 5.92. The molecule has 2 fully saturated rings. The van der Waals surface area contributed by atoms with Gasteiger partial charge in [0, 0.05) is 32.9 Å². The smallest absolute Gasteiger partial charge is 0.270 e. The van der Waals surface area contributed by atoms with Gasteiger partial charge in [0.25, 0.3) is 5.91 Å². The van der Waals surface area contributed by atoms with Crippen LogP contribution in [0.1, 0.15) is 36.2 Å². The second kappa shape index (κ2) is 8.53. The van der Waals surface area contributed by atoms with Gasteiger partial charge in [0.2, 0.25) is 5.91 Å². The van der Waals surface area contributed by atoms with E-state index < -0.39 is 0 Å². The zero-order chi connectivity index (χ0) is 16.2. The molecule has 24 heavy (non-hydrogen) atoms. The molecule has 0 saturated carbocycles. The van der Waals surface area contributed by atoms with Crippen molar-refractivity contribution in [3.63, 3.8) is 0 Å². The molecule has 0 radical (unpaired) electrons. The van der Waals surface area contributed by atoms with Crippen LogP contribution in [0.2, 0.25) is 0 Å². The summed E-state index contributed by atoms with van der Waals surface area (Å²) in [5, 5.41) is 6.27. The first-order valence-electron chi connectivity index (χ1n) is 8.57. The van der Waals surface area contributed by atoms with E-state index in [9.17, 15) is 9.59 Å². The number of hydrogen-bond acceptors (Lipinski definition) is 3. The molecule has 6 nitrogen and oxygen atoms in total. The molecule has 2 N–H and O–H groups in total. The van der Waals surface area contributed by atoms with E-state index in [1.807, 2.05) is 34.8 Å². The van der Waals surface area contributed by atoms with Gasteiger partial charge >= 0.3 is 0 Å². The second-order valence-electron chi connectivity index (χ2n) is 6.66. The highest BCUT2D eigenvalue weighted by Crippen LogP contribution is 2.18. The standard InChI is InChI=1S/C17H26N4O2.ClH/c1-20-9-4-7-15(20)17(23)21-10-3-5-13(12-21)11-19-16(22)14-6-2-8-18-14;/h4,7,9,13-14,18H,2-3,5-6,8,10-12H2,1H3,(H,19,22);1H. The van der Waals surface area contributed by atoms with Crippen LogP contribution in [0.15, 0.2) is 18.3 Å². The Hall–Kier alpha value is -1.53. The molecular formula is C17H27ClN4O2. The molecule has 2 aliphatic rings. The first kappa shape index (κ1) is 18.8. The van der Waals surface area contributed by atoms with Crippen LogP contribution in [0.5, 0.6) is 0 Å². The van der Waals surface area contributed by atoms with Crippen molar-refractivity contribution in [3.05, 3.63) is 24.0 Å². The maximum atomic E-state index is 12.6. The summed E-state index contributed by atoms with van der Waals surface area (Å²) in [4.78, 5) is 26.6. The van der Waals surface area contributed by atoms with Crippen molar-refractivity contribution < 1.29 is 9.59 Å². The van der Waals surface area contributed by atoms with E-state index in [1.54, 1.807) is 0 Å². The molecule has 2 unspecified atom stereocenters. The van der Waals surface area contributed by atoms with E-state index in [1.165, 1.54) is 0 Å². The molecule has 3 rings (SSSR count). The number of halogens is 1. The first-order valence-corrected chi connectivity index (χ1v) is 8.57. The fourth-order valence-corrected chi connectivity index (χ4v) is 3.54. The lowest BCUT2D eigenvalue weighted by Gasteiger charge is -2.33. The minimum absolute atomic E-state index is 0. The number of nitrogens with zero attached hydrogens (tertiary/aromatic N) is 2. The summed E-state index contributed by atoms with van der Waals surface area (Å²) in [6.07, 6.45) is 5.95. The Morgan fingerprint density at radius 3 is 2.83 bits per heavy atom. The molecular weight excluding hydrogens is 328 g/mol. The minimum Gasteiger partial charge on any atom is -0.354 e. The lowest BCUT2D eigenvalue weighted by atomic mass is 9.97. The third-order valence-corrected chi connectivity index (χ3v) is 4.91. The highest BCUT2D eigenvalue weighted by atomic mass is 35.5. The van der Waals surface area contributed by atoms with Crippen LogP contribution in [-0.4, -0.2) is 53.5 Å². The van der Waals surface area contributed by atoms with E-state index in [0.29, 0.717) is 12.5 Å². The Morgan fingerprint density at radius 2 is 2.17 bits per heavy atom. The monoisotopic (exact) mass is 354 g/mol. The largest absolute Gasteiger partial charge is 0.354 e. The molecule has 134 valence electrons. The highest BCUT2D eigenvalue weighted by Gasteiger charge is 2.27. The average Bonchev–Trinajstić information content (AvgIpc) is 3.23. The van der Waals surface area contributed by atoms with E-state index in [-0.39, 0.29) is 30.3 Å². The average molecular weight is 355 g/mol. The molecule has 2 saturated heterocycles. The van der Waals surface area contributed by atoms with Gasteiger partial charge < -0.3 is 20.1 Å². The van der Waals surface area contributed by atoms with Crippen molar-refractivity contribution >= 4 is 24.2 Å². The van der Waals surface area contributed by atoms with Gasteiger partial charge in [-0.2, -0.15) is 0 Å². The topological polar surface area (TPSA) is 66.4 Å². The number of hydrogen-bond donors (Lipinski definition) is 2. The maximum Gasteiger partial charge on any atom is 0.270 e. The Balaban J connectivity index is 0.00000208. The molecule has 2 aliphatic heterocycles. The normalized spacial score (nSPS) is 23.6. The molecule has 7 heteroatoms. The zero-order valence-electron chi connectivity index (χ0n) is 14.2. The predicted molar refractivity (Wildman–Crippen MR) is 95.3 cm³/mol. The zero-order valence-corrected chi connectivity index (χ0v) is 15.0. The van der Waals surface area contributed by atoms with Gasteiger partial charge in [0.05, 0.1) is 6.04 Å². The van der Waals surface area contributed by atoms with Crippen LogP contribution in [0.4, 0.5) is 0 Å². The van der Waals surface area contributed by atoms with Gasteiger partial charge in [-0.05, 0) is 50.3 Å². The lowest BCUT2D eigenvalue weighted by Crippen LogP contribution is -2.47. The van der Waals surface area contributed by atoms with E-state index in [0.717, 1.165) is 51.0 Å². The molecule has 1 aromatic rings. The summed E-state index contributed by atoms with van der Waals surface area (Å²) >= 11 is 0. The van der Waals surface area contributed by atoms with Gasteiger partial charge in [0.15, 0.2) is 0 Å². The number of nitrogens with one attached hydrogen (secondary N) is 2. The van der Waals surface area contributed by atoms with Crippen molar-refractivity contribution in [3.8, 4) is 0 Å². The van der Waals surface area contributed by atoms with E-state index >= 15 is 0 Å². The van der Waals surface area contributed by atoms with Crippen LogP contribution in [-0.2, 0) is 11.8 Å². The number of carbonyl (C=O) groups is 2. The molecule has 2 atom stereocenters. The number of aromatic nitrogens is 1. The Morgan fingerprint density at radius 1 is 1.33 bits per heavy atom. The van der Waals surface area contributed by atoms with Gasteiger partial charge in [0.1, 0.15) is 5.69 Å². The summed E-state index contributed by atoms with van der Waals surface area (Å²) in [5.74, 6) is 0.540. The lowest BCUT2D eigenvalue weighted by molar-refractivity contribution is -0.123. The van der Waals surface area contributed by atoms with E-state index in [4.69, 9.17) is 0 Å². The van der Waals surface area contributed by atoms with Crippen LogP contribution in [0.3, 0.4) is 0 Å². The van der Waals surface area contributed by atoms with Crippen LogP contribution in [0, 0.1) is 5.92 Å². The van der Waals surface area contributed by atoms with Crippen molar-refractivity contribution in [2.45, 2.75) is 31.7 Å². The fourth-order valence-electron chi connectivity index (χ4n) is 3.54. The summed E-state index contributed by atoms with van der Waals surface area (Å²) in [5.41, 5.74) is 0.727. The number of likely N-dealkylation sites (tertiary alicyclic amines) is 1. The van der Waals surface area contributed by atoms with Crippen molar-refractivity contribution in [1.29, 1.82) is 0 Å². The maximum absolute atomic E-state index is 12.6. The van der Waals surface area contributed by atoms with Gasteiger partial charge in [-0.1, -0.05) is 0 Å². The summed E-state index contributed by atoms with van der Waals surface area (Å²) < 4.78 is 1.86. The molecule has 0 aromatic carbocycles. The van der Waals surface area contributed by atoms with Crippen molar-refractivity contribution in [1.82, 2.24) is 20.1 Å². The van der Waals surface area contributed by atoms with Gasteiger partial charge in [-0.25, -0.2) is 0 Å². The van der Waals surface area contributed by atoms with Crippen LogP contribution < -0.4 is 10.6 Å². The van der Waals surface area contributed by atoms with Crippen LogP contribution >= 0.6 is 12.4 Å². The number of piperidine rings is 1. The number of carbonyl (C=O) groups excluding carboxylic acids is 2. The van der Waals surface area contributed by atoms with Gasteiger partial charge in [-0.15, -0.1) is 12.4 Å². The minimum atomic E-state index is -0.0281. The number of amides is 2. The quantitative estimate of drug-likeness (QED) is 0.853. The van der Waals surface area contributed by atoms with Crippen molar-refractivity contribution in [2.24, 2.45) is 13.0 Å². The molecule has 0 spiro atoms. The third kappa shape index (κ3) is 4.30.